The van der Waals surface area contributed by atoms with Crippen LogP contribution in [0.3, 0.4) is 0 Å². The molecule has 0 radical (unpaired) electrons. The zero-order valence-electron chi connectivity index (χ0n) is 9.21. The van der Waals surface area contributed by atoms with Gasteiger partial charge in [0.1, 0.15) is 5.60 Å². The van der Waals surface area contributed by atoms with Crippen LogP contribution < -0.4 is 0 Å². The average Bonchev–Trinajstić information content (AvgIpc) is 2.62. The third-order valence-electron chi connectivity index (χ3n) is 3.90. The molecule has 0 aromatic carbocycles. The van der Waals surface area contributed by atoms with Crippen molar-refractivity contribution in [1.29, 1.82) is 0 Å². The van der Waals surface area contributed by atoms with Gasteiger partial charge in [0, 0.05) is 16.7 Å². The van der Waals surface area contributed by atoms with Crippen LogP contribution in [0, 0.1) is 11.8 Å². The lowest BCUT2D eigenvalue weighted by Crippen LogP contribution is -2.37. The minimum absolute atomic E-state index is 0.0371. The summed E-state index contributed by atoms with van der Waals surface area (Å²) in [5.41, 5.74) is -0.100. The fraction of sp³-hybridized carbons (Fsp3) is 0.909. The highest BCUT2D eigenvalue weighted by atomic mass is 28.1. The van der Waals surface area contributed by atoms with E-state index in [-0.39, 0.29) is 11.6 Å². The van der Waals surface area contributed by atoms with Gasteiger partial charge in [-0.25, -0.2) is 0 Å². The smallest absolute Gasteiger partial charge is 0.306 e. The molecule has 14 heavy (non-hydrogen) atoms. The van der Waals surface area contributed by atoms with Crippen LogP contribution >= 0.6 is 0 Å². The lowest BCUT2D eigenvalue weighted by Gasteiger charge is -2.33. The minimum atomic E-state index is -0.100. The van der Waals surface area contributed by atoms with Crippen LogP contribution in [-0.2, 0) is 9.53 Å². The maximum atomic E-state index is 11.5. The van der Waals surface area contributed by atoms with Crippen LogP contribution in [0.2, 0.25) is 6.04 Å². The highest BCUT2D eigenvalue weighted by Gasteiger charge is 2.50. The second-order valence-electron chi connectivity index (χ2n) is 5.12. The first-order valence-corrected chi connectivity index (χ1v) is 7.27. The van der Waals surface area contributed by atoms with Crippen molar-refractivity contribution in [2.45, 2.75) is 50.7 Å². The zero-order valence-corrected chi connectivity index (χ0v) is 11.2. The first-order chi connectivity index (χ1) is 6.64. The topological polar surface area (TPSA) is 26.3 Å². The van der Waals surface area contributed by atoms with E-state index in [0.717, 1.165) is 28.6 Å². The normalized spacial score (nSPS) is 40.4. The molecular weight excluding hydrogens is 192 g/mol. The molecule has 2 bridgehead atoms. The molecule has 3 heteroatoms. The second-order valence-corrected chi connectivity index (χ2v) is 6.12. The molecule has 0 aromatic rings. The van der Waals surface area contributed by atoms with E-state index in [1.807, 2.05) is 0 Å². The number of carbonyl (C=O) groups excluding carboxylic acids is 1. The van der Waals surface area contributed by atoms with E-state index in [0.29, 0.717) is 12.3 Å². The summed E-state index contributed by atoms with van der Waals surface area (Å²) in [7, 11) is 1.10. The highest BCUT2D eigenvalue weighted by Crippen LogP contribution is 2.52. The predicted molar refractivity (Wildman–Crippen MR) is 59.3 cm³/mol. The lowest BCUT2D eigenvalue weighted by molar-refractivity contribution is -0.162. The van der Waals surface area contributed by atoms with Gasteiger partial charge in [0.2, 0.25) is 0 Å². The molecule has 2 rings (SSSR count). The highest BCUT2D eigenvalue weighted by molar-refractivity contribution is 6.09. The van der Waals surface area contributed by atoms with Gasteiger partial charge in [-0.15, -0.1) is 0 Å². The number of hydrogen-bond donors (Lipinski definition) is 0. The Morgan fingerprint density at radius 2 is 2.36 bits per heavy atom. The summed E-state index contributed by atoms with van der Waals surface area (Å²) in [5.74, 6) is 1.54. The first kappa shape index (κ1) is 10.2. The zero-order chi connectivity index (χ0) is 10.2. The van der Waals surface area contributed by atoms with Crippen LogP contribution in [-0.4, -0.2) is 21.8 Å². The van der Waals surface area contributed by atoms with Crippen molar-refractivity contribution < 1.29 is 9.53 Å². The third kappa shape index (κ3) is 1.74. The van der Waals surface area contributed by atoms with Gasteiger partial charge in [0.25, 0.3) is 0 Å². The maximum absolute atomic E-state index is 11.5. The van der Waals surface area contributed by atoms with Crippen LogP contribution in [0.25, 0.3) is 0 Å². The van der Waals surface area contributed by atoms with Crippen molar-refractivity contribution >= 4 is 16.2 Å². The van der Waals surface area contributed by atoms with Gasteiger partial charge < -0.3 is 4.74 Å². The van der Waals surface area contributed by atoms with Crippen molar-refractivity contribution in [3.05, 3.63) is 0 Å². The summed E-state index contributed by atoms with van der Waals surface area (Å²) in [6.45, 7) is 2.14. The Balaban J connectivity index is 1.93. The molecule has 80 valence electrons. The molecule has 3 atom stereocenters. The Bertz CT molecular complexity index is 241. The number of esters is 1. The van der Waals surface area contributed by atoms with Crippen LogP contribution in [0.15, 0.2) is 0 Å². The lowest BCUT2D eigenvalue weighted by atomic mass is 9.86. The van der Waals surface area contributed by atoms with Gasteiger partial charge >= 0.3 is 5.97 Å². The van der Waals surface area contributed by atoms with Gasteiger partial charge in [0.15, 0.2) is 0 Å². The Morgan fingerprint density at radius 1 is 1.57 bits per heavy atom. The van der Waals surface area contributed by atoms with Crippen molar-refractivity contribution in [3.63, 3.8) is 0 Å². The van der Waals surface area contributed by atoms with Gasteiger partial charge in [0.05, 0.1) is 0 Å². The van der Waals surface area contributed by atoms with Crippen molar-refractivity contribution in [3.8, 4) is 0 Å². The molecule has 0 N–H and O–H groups in total. The Labute approximate surface area is 88.8 Å². The monoisotopic (exact) mass is 212 g/mol. The van der Waals surface area contributed by atoms with E-state index >= 15 is 0 Å². The van der Waals surface area contributed by atoms with E-state index in [1.165, 1.54) is 19.3 Å². The Kier molecular flexibility index (Phi) is 2.69. The van der Waals surface area contributed by atoms with Crippen LogP contribution in [0.4, 0.5) is 0 Å². The maximum Gasteiger partial charge on any atom is 0.306 e. The van der Waals surface area contributed by atoms with Crippen LogP contribution in [0.1, 0.15) is 39.0 Å². The summed E-state index contributed by atoms with van der Waals surface area (Å²) >= 11 is 0. The number of fused-ring (bicyclic) bond motifs is 2. The standard InChI is InChI=1S/C11H20O2Si/c1-11(13-10(12)4-5-14)7-8-2-3-9(11)6-8/h8-9H,2-7H2,1,14H3. The molecule has 0 aromatic heterocycles. The molecule has 0 aliphatic heterocycles. The second kappa shape index (κ2) is 3.68. The fourth-order valence-corrected chi connectivity index (χ4v) is 3.60. The molecule has 2 fully saturated rings. The van der Waals surface area contributed by atoms with Crippen molar-refractivity contribution in [2.24, 2.45) is 11.8 Å². The predicted octanol–water partition coefficient (Wildman–Crippen LogP) is 1.28. The van der Waals surface area contributed by atoms with E-state index < -0.39 is 0 Å². The molecule has 2 aliphatic carbocycles. The summed E-state index contributed by atoms with van der Waals surface area (Å²) in [6, 6.07) is 1.03. The van der Waals surface area contributed by atoms with E-state index in [9.17, 15) is 4.79 Å². The molecule has 2 aliphatic rings. The summed E-state index contributed by atoms with van der Waals surface area (Å²) < 4.78 is 5.66. The van der Waals surface area contributed by atoms with Gasteiger partial charge in [-0.1, -0.05) is 6.04 Å². The summed E-state index contributed by atoms with van der Waals surface area (Å²) in [4.78, 5) is 11.5. The summed E-state index contributed by atoms with van der Waals surface area (Å²) in [5, 5.41) is 0. The van der Waals surface area contributed by atoms with Crippen molar-refractivity contribution in [1.82, 2.24) is 0 Å². The number of hydrogen-bond acceptors (Lipinski definition) is 2. The minimum Gasteiger partial charge on any atom is -0.459 e. The van der Waals surface area contributed by atoms with Gasteiger partial charge in [-0.05, 0) is 44.4 Å². The molecule has 3 unspecified atom stereocenters. The van der Waals surface area contributed by atoms with Gasteiger partial charge in [-0.2, -0.15) is 0 Å². The van der Waals surface area contributed by atoms with E-state index in [1.54, 1.807) is 0 Å². The summed E-state index contributed by atoms with van der Waals surface area (Å²) in [6.07, 6.45) is 5.68. The number of rotatable bonds is 3. The number of carbonyl (C=O) groups is 1. The first-order valence-electron chi connectivity index (χ1n) is 5.86. The van der Waals surface area contributed by atoms with E-state index in [4.69, 9.17) is 4.74 Å². The van der Waals surface area contributed by atoms with Crippen LogP contribution in [0.5, 0.6) is 0 Å². The van der Waals surface area contributed by atoms with Gasteiger partial charge in [-0.3, -0.25) is 4.79 Å². The van der Waals surface area contributed by atoms with Crippen molar-refractivity contribution in [2.75, 3.05) is 0 Å². The molecule has 0 spiro atoms. The SMILES string of the molecule is CC1(OC(=O)CC[SiH3])CC2CCC1C2. The molecule has 2 nitrogen and oxygen atoms in total. The Hall–Kier alpha value is -0.313. The quantitative estimate of drug-likeness (QED) is 0.520. The molecular formula is C11H20O2Si. The fourth-order valence-electron chi connectivity index (χ4n) is 3.20. The Morgan fingerprint density at radius 3 is 2.86 bits per heavy atom. The third-order valence-corrected chi connectivity index (χ3v) is 4.40. The molecule has 0 heterocycles. The van der Waals surface area contributed by atoms with E-state index in [2.05, 4.69) is 6.92 Å². The largest absolute Gasteiger partial charge is 0.459 e. The molecule has 0 saturated heterocycles. The molecule has 0 amide bonds. The average molecular weight is 212 g/mol. The molecule has 2 saturated carbocycles. The number of ether oxygens (including phenoxy) is 1.